The van der Waals surface area contributed by atoms with E-state index in [9.17, 15) is 10.1 Å². The van der Waals surface area contributed by atoms with Gasteiger partial charge in [-0.2, -0.15) is 0 Å². The summed E-state index contributed by atoms with van der Waals surface area (Å²) < 4.78 is 5.81. The van der Waals surface area contributed by atoms with Crippen molar-refractivity contribution in [2.24, 2.45) is 0 Å². The first kappa shape index (κ1) is 16.8. The Labute approximate surface area is 141 Å². The number of benzene rings is 1. The van der Waals surface area contributed by atoms with Gasteiger partial charge in [-0.25, -0.2) is 0 Å². The molecule has 6 heteroatoms. The molecule has 1 saturated heterocycles. The van der Waals surface area contributed by atoms with E-state index in [1.807, 2.05) is 12.1 Å². The van der Waals surface area contributed by atoms with Crippen molar-refractivity contribution in [1.82, 2.24) is 4.98 Å². The van der Waals surface area contributed by atoms with Gasteiger partial charge >= 0.3 is 0 Å². The molecule has 2 heterocycles. The van der Waals surface area contributed by atoms with Crippen molar-refractivity contribution in [3.63, 3.8) is 0 Å². The van der Waals surface area contributed by atoms with E-state index in [2.05, 4.69) is 44.5 Å². The Morgan fingerprint density at radius 1 is 1.25 bits per heavy atom. The molecule has 1 aliphatic rings. The summed E-state index contributed by atoms with van der Waals surface area (Å²) in [7, 11) is 0. The van der Waals surface area contributed by atoms with Crippen LogP contribution in [-0.4, -0.2) is 35.2 Å². The van der Waals surface area contributed by atoms with E-state index in [4.69, 9.17) is 4.74 Å². The first-order valence-electron chi connectivity index (χ1n) is 8.38. The van der Waals surface area contributed by atoms with Crippen LogP contribution in [0, 0.1) is 10.1 Å². The number of aromatic amines is 1. The van der Waals surface area contributed by atoms with Crippen LogP contribution in [0.3, 0.4) is 0 Å². The molecule has 0 spiro atoms. The van der Waals surface area contributed by atoms with Gasteiger partial charge in [0.1, 0.15) is 0 Å². The van der Waals surface area contributed by atoms with E-state index in [1.165, 1.54) is 0 Å². The Morgan fingerprint density at radius 2 is 1.88 bits per heavy atom. The van der Waals surface area contributed by atoms with Gasteiger partial charge < -0.3 is 14.6 Å². The molecule has 0 aliphatic carbocycles. The SMILES string of the molecule is C[C@H]1CN(c2ccc([N+](=O)[O-])c3cc(C(C)(C)C)[nH]c23)C[C@H](C)O1. The van der Waals surface area contributed by atoms with Crippen LogP contribution in [0.5, 0.6) is 0 Å². The van der Waals surface area contributed by atoms with Crippen molar-refractivity contribution in [3.8, 4) is 0 Å². The largest absolute Gasteiger partial charge is 0.372 e. The Kier molecular flexibility index (Phi) is 4.03. The summed E-state index contributed by atoms with van der Waals surface area (Å²) in [4.78, 5) is 16.8. The smallest absolute Gasteiger partial charge is 0.278 e. The predicted molar refractivity (Wildman–Crippen MR) is 95.9 cm³/mol. The fraction of sp³-hybridized carbons (Fsp3) is 0.556. The van der Waals surface area contributed by atoms with E-state index in [0.29, 0.717) is 5.39 Å². The summed E-state index contributed by atoms with van der Waals surface area (Å²) in [6, 6.07) is 5.39. The highest BCUT2D eigenvalue weighted by molar-refractivity contribution is 5.98. The number of rotatable bonds is 2. The molecule has 1 aliphatic heterocycles. The highest BCUT2D eigenvalue weighted by atomic mass is 16.6. The minimum atomic E-state index is -0.309. The summed E-state index contributed by atoms with van der Waals surface area (Å²) in [5.74, 6) is 0. The zero-order chi connectivity index (χ0) is 17.6. The maximum atomic E-state index is 11.4. The van der Waals surface area contributed by atoms with Crippen molar-refractivity contribution in [1.29, 1.82) is 0 Å². The molecular formula is C18H25N3O3. The number of non-ortho nitro benzene ring substituents is 1. The number of ether oxygens (including phenoxy) is 1. The zero-order valence-electron chi connectivity index (χ0n) is 14.9. The lowest BCUT2D eigenvalue weighted by atomic mass is 9.92. The normalized spacial score (nSPS) is 22.1. The number of nitrogens with one attached hydrogen (secondary N) is 1. The zero-order valence-corrected chi connectivity index (χ0v) is 14.9. The number of nitro groups is 1. The molecule has 24 heavy (non-hydrogen) atoms. The van der Waals surface area contributed by atoms with Crippen molar-refractivity contribution in [3.05, 3.63) is 34.0 Å². The van der Waals surface area contributed by atoms with Gasteiger partial charge in [0.15, 0.2) is 0 Å². The number of aromatic nitrogens is 1. The Balaban J connectivity index is 2.16. The number of nitro benzene ring substituents is 1. The monoisotopic (exact) mass is 331 g/mol. The van der Waals surface area contributed by atoms with Crippen molar-refractivity contribution in [2.75, 3.05) is 18.0 Å². The molecule has 1 N–H and O–H groups in total. The third-order valence-corrected chi connectivity index (χ3v) is 4.51. The molecule has 0 saturated carbocycles. The number of hydrogen-bond acceptors (Lipinski definition) is 4. The molecule has 0 bridgehead atoms. The maximum absolute atomic E-state index is 11.4. The third kappa shape index (κ3) is 2.98. The van der Waals surface area contributed by atoms with Gasteiger partial charge in [0, 0.05) is 30.3 Å². The fourth-order valence-electron chi connectivity index (χ4n) is 3.39. The maximum Gasteiger partial charge on any atom is 0.278 e. The van der Waals surface area contributed by atoms with Gasteiger partial charge in [0.05, 0.1) is 33.7 Å². The Morgan fingerprint density at radius 3 is 2.42 bits per heavy atom. The van der Waals surface area contributed by atoms with Crippen LogP contribution in [0.25, 0.3) is 10.9 Å². The van der Waals surface area contributed by atoms with E-state index < -0.39 is 0 Å². The average molecular weight is 331 g/mol. The van der Waals surface area contributed by atoms with Gasteiger partial charge in [-0.3, -0.25) is 10.1 Å². The van der Waals surface area contributed by atoms with E-state index in [1.54, 1.807) is 6.07 Å². The van der Waals surface area contributed by atoms with Crippen LogP contribution >= 0.6 is 0 Å². The topological polar surface area (TPSA) is 71.4 Å². The minimum Gasteiger partial charge on any atom is -0.372 e. The Bertz CT molecular complexity index is 766. The number of morpholine rings is 1. The second-order valence-electron chi connectivity index (χ2n) is 7.74. The number of fused-ring (bicyclic) bond motifs is 1. The second-order valence-corrected chi connectivity index (χ2v) is 7.74. The lowest BCUT2D eigenvalue weighted by Gasteiger charge is -2.37. The standard InChI is InChI=1S/C18H25N3O3/c1-11-9-20(10-12(2)24-11)15-7-6-14(21(22)23)13-8-16(18(3,4)5)19-17(13)15/h6-8,11-12,19H,9-10H2,1-5H3/t11-,12-/m0/s1. The van der Waals surface area contributed by atoms with Crippen molar-refractivity contribution >= 4 is 22.3 Å². The lowest BCUT2D eigenvalue weighted by Crippen LogP contribution is -2.45. The number of H-pyrrole nitrogens is 1. The highest BCUT2D eigenvalue weighted by Gasteiger charge is 2.27. The van der Waals surface area contributed by atoms with Crippen molar-refractivity contribution < 1.29 is 9.66 Å². The third-order valence-electron chi connectivity index (χ3n) is 4.51. The van der Waals surface area contributed by atoms with E-state index in [-0.39, 0.29) is 28.2 Å². The molecule has 0 unspecified atom stereocenters. The van der Waals surface area contributed by atoms with Crippen LogP contribution in [0.2, 0.25) is 0 Å². The molecule has 1 aromatic carbocycles. The molecule has 2 atom stereocenters. The molecule has 1 fully saturated rings. The van der Waals surface area contributed by atoms with Crippen LogP contribution in [0.15, 0.2) is 18.2 Å². The van der Waals surface area contributed by atoms with Crippen molar-refractivity contribution in [2.45, 2.75) is 52.2 Å². The molecule has 2 aromatic rings. The summed E-state index contributed by atoms with van der Waals surface area (Å²) in [6.45, 7) is 12.0. The van der Waals surface area contributed by atoms with Crippen LogP contribution in [0.4, 0.5) is 11.4 Å². The summed E-state index contributed by atoms with van der Waals surface area (Å²) >= 11 is 0. The molecule has 6 nitrogen and oxygen atoms in total. The first-order chi connectivity index (χ1) is 11.2. The quantitative estimate of drug-likeness (QED) is 0.667. The fourth-order valence-corrected chi connectivity index (χ4v) is 3.39. The minimum absolute atomic E-state index is 0.101. The van der Waals surface area contributed by atoms with Crippen LogP contribution < -0.4 is 4.90 Å². The molecule has 0 radical (unpaired) electrons. The number of anilines is 1. The van der Waals surface area contributed by atoms with Gasteiger partial charge in [0.2, 0.25) is 0 Å². The molecule has 0 amide bonds. The lowest BCUT2D eigenvalue weighted by molar-refractivity contribution is -0.383. The first-order valence-corrected chi connectivity index (χ1v) is 8.38. The van der Waals surface area contributed by atoms with Gasteiger partial charge in [-0.05, 0) is 26.0 Å². The summed E-state index contributed by atoms with van der Waals surface area (Å²) in [5.41, 5.74) is 2.90. The van der Waals surface area contributed by atoms with Gasteiger partial charge in [-0.1, -0.05) is 20.8 Å². The molecule has 1 aromatic heterocycles. The number of nitrogens with zero attached hydrogens (tertiary/aromatic N) is 2. The summed E-state index contributed by atoms with van der Waals surface area (Å²) in [6.07, 6.45) is 0.270. The predicted octanol–water partition coefficient (Wildman–Crippen LogP) is 3.99. The average Bonchev–Trinajstić information content (AvgIpc) is 2.89. The molecule has 130 valence electrons. The van der Waals surface area contributed by atoms with E-state index in [0.717, 1.165) is 30.0 Å². The van der Waals surface area contributed by atoms with Gasteiger partial charge in [-0.15, -0.1) is 0 Å². The van der Waals surface area contributed by atoms with Gasteiger partial charge in [0.25, 0.3) is 5.69 Å². The number of hydrogen-bond donors (Lipinski definition) is 1. The van der Waals surface area contributed by atoms with Crippen LogP contribution in [-0.2, 0) is 10.2 Å². The van der Waals surface area contributed by atoms with E-state index >= 15 is 0 Å². The molecular weight excluding hydrogens is 306 g/mol. The molecule has 3 rings (SSSR count). The van der Waals surface area contributed by atoms with Crippen LogP contribution in [0.1, 0.15) is 40.3 Å². The second kappa shape index (κ2) is 5.77. The summed E-state index contributed by atoms with van der Waals surface area (Å²) in [5, 5.41) is 12.1. The highest BCUT2D eigenvalue weighted by Crippen LogP contribution is 2.37. The Hall–Kier alpha value is -2.08.